The normalized spacial score (nSPS) is 15.2. The fourth-order valence-electron chi connectivity index (χ4n) is 2.35. The second-order valence-corrected chi connectivity index (χ2v) is 4.91. The van der Waals surface area contributed by atoms with Gasteiger partial charge in [-0.05, 0) is 31.0 Å². The van der Waals surface area contributed by atoms with Crippen molar-refractivity contribution < 1.29 is 9.18 Å². The summed E-state index contributed by atoms with van der Waals surface area (Å²) in [7, 11) is 0. The van der Waals surface area contributed by atoms with Crippen LogP contribution in [0.15, 0.2) is 18.2 Å². The number of carbonyl (C=O) groups is 1. The van der Waals surface area contributed by atoms with E-state index in [2.05, 4.69) is 11.8 Å². The number of rotatable bonds is 1. The van der Waals surface area contributed by atoms with E-state index in [0.29, 0.717) is 5.56 Å². The van der Waals surface area contributed by atoms with Gasteiger partial charge in [-0.25, -0.2) is 4.39 Å². The molecule has 1 aromatic rings. The number of likely N-dealkylation sites (tertiary alicyclic amines) is 1. The van der Waals surface area contributed by atoms with Gasteiger partial charge in [0.25, 0.3) is 5.91 Å². The molecule has 0 bridgehead atoms. The topological polar surface area (TPSA) is 46.3 Å². The van der Waals surface area contributed by atoms with Crippen molar-refractivity contribution in [2.24, 2.45) is 5.73 Å². The minimum Gasteiger partial charge on any atom is -0.339 e. The monoisotopic (exact) mass is 274 g/mol. The number of benzene rings is 1. The van der Waals surface area contributed by atoms with Gasteiger partial charge in [-0.2, -0.15) is 0 Å². The van der Waals surface area contributed by atoms with Crippen LogP contribution < -0.4 is 5.73 Å². The van der Waals surface area contributed by atoms with Crippen molar-refractivity contribution >= 4 is 5.91 Å². The zero-order chi connectivity index (χ0) is 14.4. The van der Waals surface area contributed by atoms with E-state index in [1.165, 1.54) is 6.07 Å². The minimum absolute atomic E-state index is 0.0934. The fraction of sp³-hybridized carbons (Fsp3) is 0.438. The van der Waals surface area contributed by atoms with Crippen LogP contribution in [0.5, 0.6) is 0 Å². The van der Waals surface area contributed by atoms with E-state index in [4.69, 9.17) is 5.73 Å². The summed E-state index contributed by atoms with van der Waals surface area (Å²) in [6.07, 6.45) is 4.36. The standard InChI is InChI=1S/C16H19FN2O/c17-15-12-14(8-7-13(15)6-5-9-18)16(20)19-10-3-1-2-4-11-19/h7-8,12H,1-4,9-11,18H2. The molecule has 20 heavy (non-hydrogen) atoms. The molecule has 0 spiro atoms. The van der Waals surface area contributed by atoms with E-state index < -0.39 is 5.82 Å². The summed E-state index contributed by atoms with van der Waals surface area (Å²) >= 11 is 0. The first-order valence-electron chi connectivity index (χ1n) is 7.00. The van der Waals surface area contributed by atoms with Gasteiger partial charge in [-0.3, -0.25) is 4.79 Å². The smallest absolute Gasteiger partial charge is 0.253 e. The van der Waals surface area contributed by atoms with Crippen LogP contribution in [0.1, 0.15) is 41.6 Å². The summed E-state index contributed by atoms with van der Waals surface area (Å²) in [5, 5.41) is 0. The summed E-state index contributed by atoms with van der Waals surface area (Å²) in [5.74, 6) is 4.70. The Labute approximate surface area is 119 Å². The first-order chi connectivity index (χ1) is 9.72. The lowest BCUT2D eigenvalue weighted by atomic mass is 10.1. The molecule has 1 aliphatic heterocycles. The Bertz CT molecular complexity index is 537. The molecule has 1 aliphatic rings. The molecular formula is C16H19FN2O. The number of amides is 1. The molecule has 0 atom stereocenters. The maximum absolute atomic E-state index is 13.9. The van der Waals surface area contributed by atoms with Crippen molar-refractivity contribution in [1.29, 1.82) is 0 Å². The van der Waals surface area contributed by atoms with E-state index in [1.54, 1.807) is 12.1 Å². The minimum atomic E-state index is -0.466. The third-order valence-corrected chi connectivity index (χ3v) is 3.43. The van der Waals surface area contributed by atoms with Gasteiger partial charge < -0.3 is 10.6 Å². The Balaban J connectivity index is 2.15. The second-order valence-electron chi connectivity index (χ2n) is 4.91. The molecule has 0 saturated carbocycles. The van der Waals surface area contributed by atoms with Crippen LogP contribution in [0.4, 0.5) is 4.39 Å². The van der Waals surface area contributed by atoms with Gasteiger partial charge in [0.1, 0.15) is 5.82 Å². The van der Waals surface area contributed by atoms with Crippen molar-refractivity contribution in [2.75, 3.05) is 19.6 Å². The maximum atomic E-state index is 13.9. The molecule has 0 aliphatic carbocycles. The molecule has 2 rings (SSSR count). The molecule has 1 saturated heterocycles. The number of hydrogen-bond acceptors (Lipinski definition) is 2. The lowest BCUT2D eigenvalue weighted by molar-refractivity contribution is 0.0761. The van der Waals surface area contributed by atoms with Crippen LogP contribution in [0.25, 0.3) is 0 Å². The molecule has 106 valence electrons. The number of carbonyl (C=O) groups excluding carboxylic acids is 1. The van der Waals surface area contributed by atoms with Crippen molar-refractivity contribution in [1.82, 2.24) is 4.90 Å². The van der Waals surface area contributed by atoms with Gasteiger partial charge in [0.05, 0.1) is 12.1 Å². The fourth-order valence-corrected chi connectivity index (χ4v) is 2.35. The summed E-state index contributed by atoms with van der Waals surface area (Å²) in [4.78, 5) is 14.1. The molecule has 1 fully saturated rings. The summed E-state index contributed by atoms with van der Waals surface area (Å²) in [5.41, 5.74) is 5.93. The highest BCUT2D eigenvalue weighted by atomic mass is 19.1. The SMILES string of the molecule is NCC#Cc1ccc(C(=O)N2CCCCCC2)cc1F. The molecular weight excluding hydrogens is 255 g/mol. The van der Waals surface area contributed by atoms with Crippen molar-refractivity contribution in [2.45, 2.75) is 25.7 Å². The van der Waals surface area contributed by atoms with Gasteiger partial charge in [0, 0.05) is 18.7 Å². The van der Waals surface area contributed by atoms with Crippen LogP contribution in [0.3, 0.4) is 0 Å². The number of hydrogen-bond donors (Lipinski definition) is 1. The zero-order valence-electron chi connectivity index (χ0n) is 11.5. The molecule has 0 radical (unpaired) electrons. The number of nitrogens with two attached hydrogens (primary N) is 1. The Morgan fingerprint density at radius 3 is 2.55 bits per heavy atom. The third-order valence-electron chi connectivity index (χ3n) is 3.43. The lowest BCUT2D eigenvalue weighted by Crippen LogP contribution is -2.31. The molecule has 1 aromatic carbocycles. The van der Waals surface area contributed by atoms with E-state index in [9.17, 15) is 9.18 Å². The Morgan fingerprint density at radius 2 is 1.95 bits per heavy atom. The van der Waals surface area contributed by atoms with E-state index in [0.717, 1.165) is 38.8 Å². The predicted molar refractivity (Wildman–Crippen MR) is 76.7 cm³/mol. The summed E-state index contributed by atoms with van der Waals surface area (Å²) in [6, 6.07) is 4.45. The lowest BCUT2D eigenvalue weighted by Gasteiger charge is -2.20. The Kier molecular flexibility index (Phi) is 5.14. The molecule has 0 aromatic heterocycles. The van der Waals surface area contributed by atoms with E-state index >= 15 is 0 Å². The van der Waals surface area contributed by atoms with Crippen LogP contribution in [0.2, 0.25) is 0 Å². The third kappa shape index (κ3) is 3.58. The Morgan fingerprint density at radius 1 is 1.25 bits per heavy atom. The van der Waals surface area contributed by atoms with Gasteiger partial charge in [-0.1, -0.05) is 24.7 Å². The van der Waals surface area contributed by atoms with Crippen molar-refractivity contribution in [3.8, 4) is 11.8 Å². The Hall–Kier alpha value is -1.86. The largest absolute Gasteiger partial charge is 0.339 e. The molecule has 1 amide bonds. The van der Waals surface area contributed by atoms with E-state index in [1.807, 2.05) is 4.90 Å². The second kappa shape index (κ2) is 7.06. The average molecular weight is 274 g/mol. The van der Waals surface area contributed by atoms with Crippen LogP contribution >= 0.6 is 0 Å². The van der Waals surface area contributed by atoms with E-state index in [-0.39, 0.29) is 18.0 Å². The highest BCUT2D eigenvalue weighted by Gasteiger charge is 2.18. The quantitative estimate of drug-likeness (QED) is 0.798. The van der Waals surface area contributed by atoms with Crippen LogP contribution in [0, 0.1) is 17.7 Å². The van der Waals surface area contributed by atoms with Crippen LogP contribution in [-0.4, -0.2) is 30.4 Å². The maximum Gasteiger partial charge on any atom is 0.253 e. The van der Waals surface area contributed by atoms with Crippen LogP contribution in [-0.2, 0) is 0 Å². The highest BCUT2D eigenvalue weighted by molar-refractivity contribution is 5.94. The van der Waals surface area contributed by atoms with Gasteiger partial charge in [-0.15, -0.1) is 0 Å². The predicted octanol–water partition coefficient (Wildman–Crippen LogP) is 2.15. The van der Waals surface area contributed by atoms with Crippen molar-refractivity contribution in [3.05, 3.63) is 35.1 Å². The van der Waals surface area contributed by atoms with Gasteiger partial charge in [0.15, 0.2) is 0 Å². The van der Waals surface area contributed by atoms with Crippen molar-refractivity contribution in [3.63, 3.8) is 0 Å². The molecule has 4 heteroatoms. The zero-order valence-corrected chi connectivity index (χ0v) is 11.5. The highest BCUT2D eigenvalue weighted by Crippen LogP contribution is 2.15. The molecule has 3 nitrogen and oxygen atoms in total. The first kappa shape index (κ1) is 14.5. The summed E-state index contributed by atoms with van der Waals surface area (Å²) in [6.45, 7) is 1.71. The first-order valence-corrected chi connectivity index (χ1v) is 7.00. The average Bonchev–Trinajstić information content (AvgIpc) is 2.74. The number of nitrogens with zero attached hydrogens (tertiary/aromatic N) is 1. The molecule has 2 N–H and O–H groups in total. The molecule has 0 unspecified atom stereocenters. The van der Waals surface area contributed by atoms with Gasteiger partial charge in [0.2, 0.25) is 0 Å². The molecule has 1 heterocycles. The number of halogens is 1. The van der Waals surface area contributed by atoms with Gasteiger partial charge >= 0.3 is 0 Å². The summed E-state index contributed by atoms with van der Waals surface area (Å²) < 4.78 is 13.9.